The number of benzene rings is 3. The molecule has 0 aliphatic rings. The van der Waals surface area contributed by atoms with Crippen molar-refractivity contribution in [1.29, 1.82) is 0 Å². The van der Waals surface area contributed by atoms with Gasteiger partial charge in [0.05, 0.1) is 5.56 Å². The summed E-state index contributed by atoms with van der Waals surface area (Å²) in [5.74, 6) is -0.315. The number of carbonyl (C=O) groups excluding carboxylic acids is 1. The van der Waals surface area contributed by atoms with Crippen molar-refractivity contribution in [1.82, 2.24) is 0 Å². The second-order valence-corrected chi connectivity index (χ2v) is 6.07. The summed E-state index contributed by atoms with van der Waals surface area (Å²) in [6, 6.07) is 25.2. The topological polar surface area (TPSA) is 26.3 Å². The monoisotopic (exact) mass is 366 g/mol. The molecule has 3 heteroatoms. The van der Waals surface area contributed by atoms with Gasteiger partial charge in [0.25, 0.3) is 0 Å². The summed E-state index contributed by atoms with van der Waals surface area (Å²) in [5, 5.41) is 0. The van der Waals surface area contributed by atoms with Crippen LogP contribution in [-0.2, 0) is 11.3 Å². The quantitative estimate of drug-likeness (QED) is 0.572. The van der Waals surface area contributed by atoms with Gasteiger partial charge in [0.2, 0.25) is 0 Å². The van der Waals surface area contributed by atoms with Crippen LogP contribution in [0.3, 0.4) is 0 Å². The number of esters is 1. The van der Waals surface area contributed by atoms with E-state index in [0.29, 0.717) is 5.56 Å². The van der Waals surface area contributed by atoms with E-state index in [1.165, 1.54) is 0 Å². The van der Waals surface area contributed by atoms with Crippen LogP contribution in [0.15, 0.2) is 83.3 Å². The van der Waals surface area contributed by atoms with Crippen LogP contribution >= 0.6 is 15.9 Å². The molecule has 0 saturated heterocycles. The molecule has 23 heavy (non-hydrogen) atoms. The number of halogens is 1. The molecule has 2 nitrogen and oxygen atoms in total. The number of rotatable bonds is 4. The molecule has 0 fully saturated rings. The minimum absolute atomic E-state index is 0.263. The van der Waals surface area contributed by atoms with Crippen LogP contribution in [0.4, 0.5) is 0 Å². The van der Waals surface area contributed by atoms with Crippen molar-refractivity contribution in [2.75, 3.05) is 0 Å². The Labute approximate surface area is 143 Å². The average molecular weight is 367 g/mol. The standard InChI is InChI=1S/C20H15BrO2/c21-19-8-4-5-15(13-19)14-23-20(22)18-11-9-17(10-12-18)16-6-2-1-3-7-16/h1-13H,14H2. The van der Waals surface area contributed by atoms with Gasteiger partial charge in [-0.3, -0.25) is 0 Å². The summed E-state index contributed by atoms with van der Waals surface area (Å²) in [5.41, 5.74) is 3.71. The number of ether oxygens (including phenoxy) is 1. The predicted octanol–water partition coefficient (Wildman–Crippen LogP) is 5.47. The van der Waals surface area contributed by atoms with Crippen molar-refractivity contribution in [3.05, 3.63) is 94.5 Å². The van der Waals surface area contributed by atoms with E-state index < -0.39 is 0 Å². The lowest BCUT2D eigenvalue weighted by Crippen LogP contribution is -2.05. The van der Waals surface area contributed by atoms with Gasteiger partial charge in [-0.05, 0) is 41.0 Å². The van der Waals surface area contributed by atoms with E-state index in [1.54, 1.807) is 12.1 Å². The Morgan fingerprint density at radius 2 is 1.52 bits per heavy atom. The summed E-state index contributed by atoms with van der Waals surface area (Å²) >= 11 is 3.40. The number of hydrogen-bond donors (Lipinski definition) is 0. The second-order valence-electron chi connectivity index (χ2n) is 5.15. The summed E-state index contributed by atoms with van der Waals surface area (Å²) in [7, 11) is 0. The molecule has 114 valence electrons. The molecule has 0 radical (unpaired) electrons. The molecule has 0 aromatic heterocycles. The molecule has 0 aliphatic carbocycles. The molecule has 3 rings (SSSR count). The molecule has 0 atom stereocenters. The highest BCUT2D eigenvalue weighted by molar-refractivity contribution is 9.10. The van der Waals surface area contributed by atoms with Crippen molar-refractivity contribution in [2.24, 2.45) is 0 Å². The van der Waals surface area contributed by atoms with Crippen LogP contribution in [0, 0.1) is 0 Å². The van der Waals surface area contributed by atoms with Gasteiger partial charge in [-0.15, -0.1) is 0 Å². The minimum atomic E-state index is -0.315. The first-order chi connectivity index (χ1) is 11.2. The Morgan fingerprint density at radius 3 is 2.22 bits per heavy atom. The molecule has 0 spiro atoms. The van der Waals surface area contributed by atoms with E-state index >= 15 is 0 Å². The molecular formula is C20H15BrO2. The maximum absolute atomic E-state index is 12.1. The van der Waals surface area contributed by atoms with Crippen molar-refractivity contribution < 1.29 is 9.53 Å². The molecule has 0 heterocycles. The molecule has 0 bridgehead atoms. The molecule has 0 amide bonds. The van der Waals surface area contributed by atoms with Crippen LogP contribution in [0.1, 0.15) is 15.9 Å². The van der Waals surface area contributed by atoms with Gasteiger partial charge < -0.3 is 4.74 Å². The first-order valence-corrected chi connectivity index (χ1v) is 8.09. The Balaban J connectivity index is 1.66. The fraction of sp³-hybridized carbons (Fsp3) is 0.0500. The first-order valence-electron chi connectivity index (χ1n) is 7.29. The zero-order chi connectivity index (χ0) is 16.1. The minimum Gasteiger partial charge on any atom is -0.457 e. The second kappa shape index (κ2) is 7.25. The van der Waals surface area contributed by atoms with Crippen LogP contribution < -0.4 is 0 Å². The predicted molar refractivity (Wildman–Crippen MR) is 95.1 cm³/mol. The third kappa shape index (κ3) is 4.08. The lowest BCUT2D eigenvalue weighted by Gasteiger charge is -2.07. The highest BCUT2D eigenvalue weighted by Gasteiger charge is 2.08. The Hall–Kier alpha value is -2.39. The molecule has 0 unspecified atom stereocenters. The normalized spacial score (nSPS) is 10.3. The molecule has 0 aliphatic heterocycles. The zero-order valence-corrected chi connectivity index (χ0v) is 14.0. The van der Waals surface area contributed by atoms with Gasteiger partial charge in [-0.1, -0.05) is 70.5 Å². The molecule has 3 aromatic carbocycles. The van der Waals surface area contributed by atoms with Crippen molar-refractivity contribution >= 4 is 21.9 Å². The summed E-state index contributed by atoms with van der Waals surface area (Å²) in [6.07, 6.45) is 0. The van der Waals surface area contributed by atoms with Crippen LogP contribution in [0.2, 0.25) is 0 Å². The Bertz CT molecular complexity index is 795. The van der Waals surface area contributed by atoms with E-state index in [0.717, 1.165) is 21.2 Å². The summed E-state index contributed by atoms with van der Waals surface area (Å²) in [4.78, 5) is 12.1. The van der Waals surface area contributed by atoms with Gasteiger partial charge in [-0.25, -0.2) is 4.79 Å². The number of hydrogen-bond acceptors (Lipinski definition) is 2. The largest absolute Gasteiger partial charge is 0.457 e. The summed E-state index contributed by atoms with van der Waals surface area (Å²) in [6.45, 7) is 0.263. The van der Waals surface area contributed by atoms with Crippen molar-refractivity contribution in [3.63, 3.8) is 0 Å². The zero-order valence-electron chi connectivity index (χ0n) is 12.4. The maximum Gasteiger partial charge on any atom is 0.338 e. The highest BCUT2D eigenvalue weighted by atomic mass is 79.9. The van der Waals surface area contributed by atoms with Gasteiger partial charge in [0.15, 0.2) is 0 Å². The van der Waals surface area contributed by atoms with E-state index in [2.05, 4.69) is 15.9 Å². The fourth-order valence-electron chi connectivity index (χ4n) is 2.29. The maximum atomic E-state index is 12.1. The van der Waals surface area contributed by atoms with E-state index in [9.17, 15) is 4.79 Å². The van der Waals surface area contributed by atoms with Crippen LogP contribution in [0.5, 0.6) is 0 Å². The van der Waals surface area contributed by atoms with Crippen LogP contribution in [-0.4, -0.2) is 5.97 Å². The molecular weight excluding hydrogens is 352 g/mol. The fourth-order valence-corrected chi connectivity index (χ4v) is 2.73. The number of carbonyl (C=O) groups is 1. The first kappa shape index (κ1) is 15.5. The summed E-state index contributed by atoms with van der Waals surface area (Å²) < 4.78 is 6.33. The smallest absolute Gasteiger partial charge is 0.338 e. The van der Waals surface area contributed by atoms with Gasteiger partial charge in [0, 0.05) is 4.47 Å². The Kier molecular flexibility index (Phi) is 4.89. The van der Waals surface area contributed by atoms with Gasteiger partial charge in [-0.2, -0.15) is 0 Å². The third-order valence-electron chi connectivity index (χ3n) is 3.49. The van der Waals surface area contributed by atoms with Gasteiger partial charge in [0.1, 0.15) is 6.61 Å². The van der Waals surface area contributed by atoms with Crippen molar-refractivity contribution in [2.45, 2.75) is 6.61 Å². The highest BCUT2D eigenvalue weighted by Crippen LogP contribution is 2.20. The Morgan fingerprint density at radius 1 is 0.826 bits per heavy atom. The van der Waals surface area contributed by atoms with E-state index in [4.69, 9.17) is 4.74 Å². The SMILES string of the molecule is O=C(OCc1cccc(Br)c1)c1ccc(-c2ccccc2)cc1. The molecule has 3 aromatic rings. The van der Waals surface area contributed by atoms with Gasteiger partial charge >= 0.3 is 5.97 Å². The van der Waals surface area contributed by atoms with E-state index in [1.807, 2.05) is 66.7 Å². The lowest BCUT2D eigenvalue weighted by atomic mass is 10.0. The molecule has 0 saturated carbocycles. The van der Waals surface area contributed by atoms with E-state index in [-0.39, 0.29) is 12.6 Å². The third-order valence-corrected chi connectivity index (χ3v) is 3.98. The van der Waals surface area contributed by atoms with Crippen LogP contribution in [0.25, 0.3) is 11.1 Å². The van der Waals surface area contributed by atoms with Crippen molar-refractivity contribution in [3.8, 4) is 11.1 Å². The average Bonchev–Trinajstić information content (AvgIpc) is 2.61. The lowest BCUT2D eigenvalue weighted by molar-refractivity contribution is 0.0472. The molecule has 0 N–H and O–H groups in total.